The molecule has 0 rings (SSSR count). The van der Waals surface area contributed by atoms with Gasteiger partial charge in [-0.2, -0.15) is 11.8 Å². The minimum absolute atomic E-state index is 0. The summed E-state index contributed by atoms with van der Waals surface area (Å²) in [5, 5.41) is 10.3. The van der Waals surface area contributed by atoms with Crippen LogP contribution in [0, 0.1) is 0 Å². The van der Waals surface area contributed by atoms with Crippen LogP contribution in [0.25, 0.3) is 0 Å². The number of carboxylic acids is 1. The van der Waals surface area contributed by atoms with E-state index in [1.165, 1.54) is 24.6 Å². The zero-order valence-electron chi connectivity index (χ0n) is 9.54. The number of hydrogen-bond donors (Lipinski definition) is 0. The smallest absolute Gasteiger partial charge is 0.549 e. The first-order chi connectivity index (χ1) is 6.22. The zero-order valence-corrected chi connectivity index (χ0v) is 12.4. The van der Waals surface area contributed by atoms with Crippen LogP contribution < -0.4 is 34.7 Å². The van der Waals surface area contributed by atoms with Gasteiger partial charge in [-0.25, -0.2) is 0 Å². The van der Waals surface area contributed by atoms with Gasteiger partial charge in [-0.1, -0.05) is 33.1 Å². The van der Waals surface area contributed by atoms with Crippen molar-refractivity contribution in [3.8, 4) is 0 Å². The molecule has 0 amide bonds. The molecule has 0 aliphatic heterocycles. The predicted molar refractivity (Wildman–Crippen MR) is 55.7 cm³/mol. The summed E-state index contributed by atoms with van der Waals surface area (Å²) < 4.78 is 0. The van der Waals surface area contributed by atoms with Crippen LogP contribution in [-0.4, -0.2) is 17.0 Å². The Balaban J connectivity index is 0. The summed E-state index contributed by atoms with van der Waals surface area (Å²) in [6, 6.07) is 0. The Morgan fingerprint density at radius 2 is 1.93 bits per heavy atom. The van der Waals surface area contributed by atoms with Gasteiger partial charge in [0, 0.05) is 5.25 Å². The third kappa shape index (κ3) is 9.38. The molecule has 0 aromatic heterocycles. The van der Waals surface area contributed by atoms with E-state index in [9.17, 15) is 9.90 Å². The average molecular weight is 226 g/mol. The third-order valence-electron chi connectivity index (χ3n) is 1.88. The fraction of sp³-hybridized carbons (Fsp3) is 0.900. The first-order valence-electron chi connectivity index (χ1n) is 5.04. The maximum atomic E-state index is 10.6. The van der Waals surface area contributed by atoms with Crippen molar-refractivity contribution in [2.75, 3.05) is 5.75 Å². The molecule has 14 heavy (non-hydrogen) atoms. The number of thioether (sulfide) groups is 1. The molecule has 0 saturated carbocycles. The second-order valence-electron chi connectivity index (χ2n) is 3.17. The van der Waals surface area contributed by atoms with E-state index in [1.54, 1.807) is 0 Å². The normalized spacial score (nSPS) is 11.9. The molecule has 0 heterocycles. The van der Waals surface area contributed by atoms with Gasteiger partial charge >= 0.3 is 29.6 Å². The number of hydrogen-bond acceptors (Lipinski definition) is 3. The number of carboxylic acid groups (broad SMARTS) is 1. The Morgan fingerprint density at radius 1 is 1.29 bits per heavy atom. The molecule has 0 aromatic rings. The van der Waals surface area contributed by atoms with E-state index in [4.69, 9.17) is 0 Å². The molecule has 0 bridgehead atoms. The maximum Gasteiger partial charge on any atom is 1.00 e. The van der Waals surface area contributed by atoms with E-state index >= 15 is 0 Å². The minimum Gasteiger partial charge on any atom is -0.549 e. The second-order valence-corrected chi connectivity index (χ2v) is 4.48. The summed E-state index contributed by atoms with van der Waals surface area (Å²) in [7, 11) is 0. The van der Waals surface area contributed by atoms with E-state index in [1.807, 2.05) is 6.92 Å². The molecule has 2 nitrogen and oxygen atoms in total. The van der Waals surface area contributed by atoms with Crippen LogP contribution in [0.15, 0.2) is 0 Å². The molecule has 0 aliphatic carbocycles. The fourth-order valence-corrected chi connectivity index (χ4v) is 2.30. The van der Waals surface area contributed by atoms with Crippen LogP contribution in [0.2, 0.25) is 0 Å². The summed E-state index contributed by atoms with van der Waals surface area (Å²) in [6.07, 6.45) is 5.15. The summed E-state index contributed by atoms with van der Waals surface area (Å²) >= 11 is 1.53. The molecule has 0 spiro atoms. The average Bonchev–Trinajstić information content (AvgIpc) is 2.10. The Hall–Kier alpha value is 0.820. The first kappa shape index (κ1) is 17.2. The van der Waals surface area contributed by atoms with E-state index in [2.05, 4.69) is 6.92 Å². The molecule has 0 N–H and O–H groups in total. The molecule has 4 heteroatoms. The topological polar surface area (TPSA) is 40.1 Å². The van der Waals surface area contributed by atoms with Crippen molar-refractivity contribution in [3.05, 3.63) is 0 Å². The zero-order chi connectivity index (χ0) is 10.1. The van der Waals surface area contributed by atoms with Gasteiger partial charge in [0.15, 0.2) is 0 Å². The van der Waals surface area contributed by atoms with Gasteiger partial charge in [-0.3, -0.25) is 0 Å². The van der Waals surface area contributed by atoms with Gasteiger partial charge in [0.1, 0.15) is 0 Å². The van der Waals surface area contributed by atoms with E-state index in [0.29, 0.717) is 0 Å². The van der Waals surface area contributed by atoms with Gasteiger partial charge in [0.2, 0.25) is 0 Å². The summed E-state index contributed by atoms with van der Waals surface area (Å²) in [5.74, 6) is 0.0512. The van der Waals surface area contributed by atoms with E-state index < -0.39 is 5.97 Å². The van der Waals surface area contributed by atoms with Crippen LogP contribution in [0.5, 0.6) is 0 Å². The van der Waals surface area contributed by atoms with Gasteiger partial charge < -0.3 is 9.90 Å². The summed E-state index contributed by atoms with van der Waals surface area (Å²) in [6.45, 7) is 4.15. The number of aliphatic carboxylic acids is 1. The van der Waals surface area contributed by atoms with Crippen LogP contribution in [0.3, 0.4) is 0 Å². The largest absolute Gasteiger partial charge is 1.00 e. The molecule has 0 fully saturated rings. The molecule has 0 aromatic carbocycles. The van der Waals surface area contributed by atoms with Crippen molar-refractivity contribution in [2.24, 2.45) is 0 Å². The molecular formula is C10H19NaO2S. The molecule has 1 atom stereocenters. The number of unbranched alkanes of at least 4 members (excludes halogenated alkanes) is 2. The van der Waals surface area contributed by atoms with Crippen molar-refractivity contribution >= 4 is 17.7 Å². The molecule has 0 aliphatic rings. The molecule has 0 saturated heterocycles. The van der Waals surface area contributed by atoms with Crippen LogP contribution in [0.4, 0.5) is 0 Å². The quantitative estimate of drug-likeness (QED) is 0.387. The van der Waals surface area contributed by atoms with Crippen molar-refractivity contribution in [1.82, 2.24) is 0 Å². The number of carbonyl (C=O) groups excluding carboxylic acids is 1. The predicted octanol–water partition coefficient (Wildman–Crippen LogP) is -1.17. The first-order valence-corrected chi connectivity index (χ1v) is 6.09. The van der Waals surface area contributed by atoms with Crippen molar-refractivity contribution in [2.45, 2.75) is 51.2 Å². The summed E-state index contributed by atoms with van der Waals surface area (Å²) in [5.41, 5.74) is 0. The molecule has 1 unspecified atom stereocenters. The van der Waals surface area contributed by atoms with Gasteiger partial charge in [0.05, 0.1) is 5.97 Å². The standard InChI is InChI=1S/C10H20O2S.Na/c1-3-5-6-8-13-9(7-4-2)10(11)12;/h9H,3-8H2,1-2H3,(H,11,12);/q;+1/p-1. The fourth-order valence-electron chi connectivity index (χ4n) is 1.11. The number of carbonyl (C=O) groups is 1. The molecule has 78 valence electrons. The van der Waals surface area contributed by atoms with Crippen LogP contribution >= 0.6 is 11.8 Å². The second kappa shape index (κ2) is 11.9. The number of rotatable bonds is 8. The van der Waals surface area contributed by atoms with Gasteiger partial charge in [-0.15, -0.1) is 0 Å². The monoisotopic (exact) mass is 226 g/mol. The third-order valence-corrected chi connectivity index (χ3v) is 3.24. The Kier molecular flexibility index (Phi) is 14.6. The van der Waals surface area contributed by atoms with Gasteiger partial charge in [0.25, 0.3) is 0 Å². The van der Waals surface area contributed by atoms with Crippen molar-refractivity contribution in [1.29, 1.82) is 0 Å². The Morgan fingerprint density at radius 3 is 2.36 bits per heavy atom. The van der Waals surface area contributed by atoms with E-state index in [0.717, 1.165) is 25.0 Å². The van der Waals surface area contributed by atoms with Crippen molar-refractivity contribution in [3.63, 3.8) is 0 Å². The molecule has 0 radical (unpaired) electrons. The van der Waals surface area contributed by atoms with Crippen LogP contribution in [-0.2, 0) is 4.79 Å². The maximum absolute atomic E-state index is 10.6. The molecular weight excluding hydrogens is 207 g/mol. The SMILES string of the molecule is CCCCCSC(CCC)C(=O)[O-].[Na+]. The van der Waals surface area contributed by atoms with Gasteiger partial charge in [-0.05, 0) is 18.6 Å². The minimum atomic E-state index is -0.900. The van der Waals surface area contributed by atoms with Crippen LogP contribution in [0.1, 0.15) is 46.0 Å². The summed E-state index contributed by atoms with van der Waals surface area (Å²) in [4.78, 5) is 10.6. The Labute approximate surface area is 114 Å². The Bertz CT molecular complexity index is 142. The van der Waals surface area contributed by atoms with Crippen molar-refractivity contribution < 1.29 is 39.5 Å². The van der Waals surface area contributed by atoms with E-state index in [-0.39, 0.29) is 34.8 Å².